The molecule has 0 saturated carbocycles. The van der Waals surface area contributed by atoms with Crippen molar-refractivity contribution in [1.82, 2.24) is 15.6 Å². The van der Waals surface area contributed by atoms with Gasteiger partial charge in [-0.15, -0.1) is 0 Å². The van der Waals surface area contributed by atoms with E-state index in [9.17, 15) is 32.7 Å². The van der Waals surface area contributed by atoms with Gasteiger partial charge in [-0.3, -0.25) is 9.59 Å². The lowest BCUT2D eigenvalue weighted by atomic mass is 10.1. The van der Waals surface area contributed by atoms with Crippen molar-refractivity contribution < 1.29 is 37.4 Å². The van der Waals surface area contributed by atoms with Crippen LogP contribution in [0.5, 0.6) is 5.75 Å². The van der Waals surface area contributed by atoms with E-state index in [1.807, 2.05) is 0 Å². The largest absolute Gasteiger partial charge is 0.508 e. The van der Waals surface area contributed by atoms with Crippen LogP contribution in [0.25, 0.3) is 6.08 Å². The molecule has 1 heterocycles. The lowest BCUT2D eigenvalue weighted by Gasteiger charge is -2.11. The first kappa shape index (κ1) is 27.5. The standard InChI is InChI=1S/C23H18ClF3N4O5S/c1-36-21(35)16(9-17-18(23(25,26)27)31-22(28)37-17)30-20(34)14-6-5-12(8-15(14)24)19(33)29-10-11-3-2-4-13(32)7-11/h2-9,32H,10H2,1H3,(H2,28,31)(H,29,33)(H,30,34). The van der Waals surface area contributed by atoms with Crippen molar-refractivity contribution in [1.29, 1.82) is 0 Å². The molecule has 0 spiro atoms. The van der Waals surface area contributed by atoms with E-state index in [0.29, 0.717) is 16.9 Å². The summed E-state index contributed by atoms with van der Waals surface area (Å²) in [6, 6.07) is 9.99. The van der Waals surface area contributed by atoms with Crippen LogP contribution < -0.4 is 16.4 Å². The molecule has 2 aromatic carbocycles. The molecule has 0 saturated heterocycles. The highest BCUT2D eigenvalue weighted by Crippen LogP contribution is 2.36. The molecule has 0 aliphatic rings. The zero-order valence-corrected chi connectivity index (χ0v) is 20.4. The third kappa shape index (κ3) is 6.98. The molecule has 3 rings (SSSR count). The number of carbonyl (C=O) groups excluding carboxylic acids is 3. The van der Waals surface area contributed by atoms with Gasteiger partial charge in [-0.2, -0.15) is 13.2 Å². The number of methoxy groups -OCH3 is 1. The lowest BCUT2D eigenvalue weighted by Crippen LogP contribution is -2.28. The minimum absolute atomic E-state index is 0.0407. The number of aromatic nitrogens is 1. The summed E-state index contributed by atoms with van der Waals surface area (Å²) in [6.45, 7) is 0.113. The summed E-state index contributed by atoms with van der Waals surface area (Å²) in [5.41, 5.74) is 4.03. The van der Waals surface area contributed by atoms with Crippen molar-refractivity contribution in [2.45, 2.75) is 12.7 Å². The second kappa shape index (κ2) is 11.3. The highest BCUT2D eigenvalue weighted by molar-refractivity contribution is 7.16. The minimum atomic E-state index is -4.86. The number of nitrogens with two attached hydrogens (primary N) is 1. The van der Waals surface area contributed by atoms with Crippen LogP contribution >= 0.6 is 22.9 Å². The molecule has 0 unspecified atom stereocenters. The zero-order chi connectivity index (χ0) is 27.3. The van der Waals surface area contributed by atoms with Crippen LogP contribution in [-0.2, 0) is 22.3 Å². The predicted octanol–water partition coefficient (Wildman–Crippen LogP) is 3.98. The molecule has 14 heteroatoms. The summed E-state index contributed by atoms with van der Waals surface area (Å²) < 4.78 is 44.3. The van der Waals surface area contributed by atoms with Gasteiger partial charge in [-0.1, -0.05) is 35.1 Å². The van der Waals surface area contributed by atoms with Crippen LogP contribution in [0, 0.1) is 0 Å². The third-order valence-electron chi connectivity index (χ3n) is 4.71. The van der Waals surface area contributed by atoms with Crippen molar-refractivity contribution in [3.05, 3.63) is 80.4 Å². The number of esters is 1. The van der Waals surface area contributed by atoms with Crippen molar-refractivity contribution in [2.24, 2.45) is 0 Å². The Balaban J connectivity index is 1.80. The quantitative estimate of drug-likeness (QED) is 0.255. The van der Waals surface area contributed by atoms with Gasteiger partial charge in [0, 0.05) is 12.1 Å². The van der Waals surface area contributed by atoms with Crippen molar-refractivity contribution in [2.75, 3.05) is 12.8 Å². The van der Waals surface area contributed by atoms with Crippen molar-refractivity contribution in [3.8, 4) is 5.75 Å². The van der Waals surface area contributed by atoms with E-state index in [2.05, 4.69) is 20.4 Å². The molecule has 0 radical (unpaired) electrons. The number of phenolic OH excluding ortho intramolecular Hbond substituents is 1. The monoisotopic (exact) mass is 554 g/mol. The van der Waals surface area contributed by atoms with Crippen LogP contribution in [0.3, 0.4) is 0 Å². The fourth-order valence-corrected chi connectivity index (χ4v) is 4.08. The van der Waals surface area contributed by atoms with Gasteiger partial charge in [-0.25, -0.2) is 9.78 Å². The fraction of sp³-hybridized carbons (Fsp3) is 0.130. The van der Waals surface area contributed by atoms with E-state index < -0.39 is 45.4 Å². The van der Waals surface area contributed by atoms with Gasteiger partial charge in [0.15, 0.2) is 10.8 Å². The first-order chi connectivity index (χ1) is 17.4. The van der Waals surface area contributed by atoms with Gasteiger partial charge in [0.05, 0.1) is 22.6 Å². The Kier molecular flexibility index (Phi) is 8.40. The third-order valence-corrected chi connectivity index (χ3v) is 5.85. The van der Waals surface area contributed by atoms with Gasteiger partial charge in [0.1, 0.15) is 11.4 Å². The Hall–Kier alpha value is -4.10. The average molecular weight is 555 g/mol. The number of thiazole rings is 1. The number of nitrogens with one attached hydrogen (secondary N) is 2. The maximum atomic E-state index is 13.2. The Bertz CT molecular complexity index is 1390. The summed E-state index contributed by atoms with van der Waals surface area (Å²) in [6.07, 6.45) is -4.11. The van der Waals surface area contributed by atoms with Crippen LogP contribution in [0.15, 0.2) is 48.2 Å². The Morgan fingerprint density at radius 3 is 2.54 bits per heavy atom. The summed E-state index contributed by atoms with van der Waals surface area (Å²) >= 11 is 6.63. The number of rotatable bonds is 7. The first-order valence-corrected chi connectivity index (χ1v) is 11.4. The summed E-state index contributed by atoms with van der Waals surface area (Å²) in [5, 5.41) is 13.7. The van der Waals surface area contributed by atoms with Crippen LogP contribution in [0.4, 0.5) is 18.3 Å². The number of aromatic hydroxyl groups is 1. The molecule has 9 nitrogen and oxygen atoms in total. The predicted molar refractivity (Wildman–Crippen MR) is 130 cm³/mol. The maximum Gasteiger partial charge on any atom is 0.434 e. The minimum Gasteiger partial charge on any atom is -0.508 e. The molecular weight excluding hydrogens is 537 g/mol. The number of benzene rings is 2. The van der Waals surface area contributed by atoms with E-state index in [0.717, 1.165) is 13.2 Å². The number of nitrogens with zero attached hydrogens (tertiary/aromatic N) is 1. The number of halogens is 4. The number of anilines is 1. The van der Waals surface area contributed by atoms with Gasteiger partial charge >= 0.3 is 12.1 Å². The molecule has 194 valence electrons. The van der Waals surface area contributed by atoms with Crippen LogP contribution in [0.2, 0.25) is 5.02 Å². The number of nitrogen functional groups attached to an aromatic ring is 1. The van der Waals surface area contributed by atoms with Crippen molar-refractivity contribution >= 4 is 51.9 Å². The Labute approximate surface area is 216 Å². The number of hydrogen-bond acceptors (Lipinski definition) is 8. The average Bonchev–Trinajstić information content (AvgIpc) is 3.22. The lowest BCUT2D eigenvalue weighted by molar-refractivity contribution is -0.141. The Morgan fingerprint density at radius 2 is 1.92 bits per heavy atom. The molecular formula is C23H18ClF3N4O5S. The number of alkyl halides is 3. The number of phenols is 1. The summed E-state index contributed by atoms with van der Waals surface area (Å²) in [7, 11) is 0.977. The van der Waals surface area contributed by atoms with E-state index in [1.54, 1.807) is 12.1 Å². The van der Waals surface area contributed by atoms with Crippen molar-refractivity contribution in [3.63, 3.8) is 0 Å². The van der Waals surface area contributed by atoms with Gasteiger partial charge in [0.25, 0.3) is 11.8 Å². The SMILES string of the molecule is COC(=O)C(=Cc1sc(N)nc1C(F)(F)F)NC(=O)c1ccc(C(=O)NCc2cccc(O)c2)cc1Cl. The topological polar surface area (TPSA) is 144 Å². The number of hydrogen-bond donors (Lipinski definition) is 4. The molecule has 2 amide bonds. The molecule has 1 aromatic heterocycles. The number of carbonyl (C=O) groups is 3. The molecule has 3 aromatic rings. The zero-order valence-electron chi connectivity index (χ0n) is 18.9. The highest BCUT2D eigenvalue weighted by atomic mass is 35.5. The summed E-state index contributed by atoms with van der Waals surface area (Å²) in [5.74, 6) is -2.55. The second-order valence-corrected chi connectivity index (χ2v) is 8.78. The van der Waals surface area contributed by atoms with Gasteiger partial charge < -0.3 is 26.2 Å². The van der Waals surface area contributed by atoms with Gasteiger partial charge in [0.2, 0.25) is 0 Å². The first-order valence-electron chi connectivity index (χ1n) is 10.2. The number of ether oxygens (including phenoxy) is 1. The maximum absolute atomic E-state index is 13.2. The van der Waals surface area contributed by atoms with E-state index >= 15 is 0 Å². The summed E-state index contributed by atoms with van der Waals surface area (Å²) in [4.78, 5) is 40.1. The Morgan fingerprint density at radius 1 is 1.19 bits per heavy atom. The van der Waals surface area contributed by atoms with E-state index in [-0.39, 0.29) is 28.4 Å². The van der Waals surface area contributed by atoms with Crippen LogP contribution in [-0.4, -0.2) is 35.0 Å². The highest BCUT2D eigenvalue weighted by Gasteiger charge is 2.37. The smallest absolute Gasteiger partial charge is 0.434 e. The fourth-order valence-electron chi connectivity index (χ4n) is 3.02. The molecule has 0 bridgehead atoms. The van der Waals surface area contributed by atoms with E-state index in [4.69, 9.17) is 17.3 Å². The van der Waals surface area contributed by atoms with Crippen LogP contribution in [0.1, 0.15) is 36.9 Å². The molecule has 0 fully saturated rings. The molecule has 0 aliphatic carbocycles. The molecule has 37 heavy (non-hydrogen) atoms. The normalized spacial score (nSPS) is 11.6. The van der Waals surface area contributed by atoms with Gasteiger partial charge in [-0.05, 0) is 42.0 Å². The van der Waals surface area contributed by atoms with E-state index in [1.165, 1.54) is 30.3 Å². The molecule has 5 N–H and O–H groups in total. The number of amides is 2. The molecule has 0 atom stereocenters. The molecule has 0 aliphatic heterocycles. The second-order valence-electron chi connectivity index (χ2n) is 7.31.